The van der Waals surface area contributed by atoms with Gasteiger partial charge in [0.25, 0.3) is 0 Å². The first-order chi connectivity index (χ1) is 22.6. The number of hydrogen-bond acceptors (Lipinski definition) is 11. The highest BCUT2D eigenvalue weighted by Crippen LogP contribution is 2.18. The fourth-order valence-electron chi connectivity index (χ4n) is 3.93. The lowest BCUT2D eigenvalue weighted by molar-refractivity contribution is -0.129. The van der Waals surface area contributed by atoms with E-state index in [-0.39, 0.29) is 87.0 Å². The number of aliphatic hydroxyl groups excluding tert-OH is 2. The van der Waals surface area contributed by atoms with E-state index >= 15 is 0 Å². The normalized spacial score (nSPS) is 13.6. The molecule has 0 heterocycles. The second kappa shape index (κ2) is 26.1. The zero-order valence-corrected chi connectivity index (χ0v) is 33.0. The molecule has 0 saturated heterocycles. The Morgan fingerprint density at radius 1 is 0.735 bits per heavy atom. The Kier molecular flexibility index (Phi) is 26.3. The number of nitrogens with one attached hydrogen (secondary N) is 2. The summed E-state index contributed by atoms with van der Waals surface area (Å²) in [5.74, 6) is -0.199. The van der Waals surface area contributed by atoms with E-state index in [1.807, 2.05) is 88.1 Å². The van der Waals surface area contributed by atoms with Crippen molar-refractivity contribution >= 4 is 17.6 Å². The van der Waals surface area contributed by atoms with Gasteiger partial charge >= 0.3 is 0 Å². The number of ketones is 1. The Balaban J connectivity index is 0. The molecule has 0 aliphatic rings. The standard InChI is InChI=1S/C30H59N3O8.C6H14O2/c1-10-33(9)23-31-26(36)13-16-39-22-30(20-34,32-27(37)19-24(2)3)21-38-15-12-25(35)11-14-29(7,8)41-18-17-40-28(4,5)6;1-6(2,3)8-5-4-7/h24,34H,10-23H2,1-9H3,(H,31,36)(H,32,37);7H,4-5H2,1-3H3. The molecule has 0 radical (unpaired) electrons. The van der Waals surface area contributed by atoms with Crippen LogP contribution in [0.2, 0.25) is 0 Å². The first kappa shape index (κ1) is 49.4. The van der Waals surface area contributed by atoms with Gasteiger partial charge < -0.3 is 44.5 Å². The number of aliphatic hydroxyl groups is 2. The van der Waals surface area contributed by atoms with E-state index < -0.39 is 17.7 Å². The number of Topliss-reactive ketones (excluding diaryl/α,β-unsaturated/α-hetero) is 1. The monoisotopic (exact) mass is 708 g/mol. The molecule has 49 heavy (non-hydrogen) atoms. The van der Waals surface area contributed by atoms with Crippen LogP contribution in [0.1, 0.15) is 108 Å². The third-order valence-corrected chi connectivity index (χ3v) is 6.89. The van der Waals surface area contributed by atoms with Crippen molar-refractivity contribution < 1.29 is 48.3 Å². The van der Waals surface area contributed by atoms with Crippen LogP contribution in [0.5, 0.6) is 0 Å². The summed E-state index contributed by atoms with van der Waals surface area (Å²) in [6.45, 7) is 24.2. The minimum atomic E-state index is -1.18. The second-order valence-corrected chi connectivity index (χ2v) is 15.4. The van der Waals surface area contributed by atoms with Crippen LogP contribution in [0, 0.1) is 5.92 Å². The van der Waals surface area contributed by atoms with Gasteiger partial charge in [-0.1, -0.05) is 20.8 Å². The van der Waals surface area contributed by atoms with E-state index in [9.17, 15) is 19.5 Å². The molecule has 1 atom stereocenters. The van der Waals surface area contributed by atoms with Crippen molar-refractivity contribution in [3.8, 4) is 0 Å². The van der Waals surface area contributed by atoms with Crippen molar-refractivity contribution in [3.63, 3.8) is 0 Å². The van der Waals surface area contributed by atoms with Crippen LogP contribution in [0.25, 0.3) is 0 Å². The van der Waals surface area contributed by atoms with Gasteiger partial charge in [-0.15, -0.1) is 0 Å². The maximum Gasteiger partial charge on any atom is 0.223 e. The number of carbonyl (C=O) groups excluding carboxylic acids is 3. The lowest BCUT2D eigenvalue weighted by Gasteiger charge is -2.33. The summed E-state index contributed by atoms with van der Waals surface area (Å²) in [6, 6.07) is 0. The number of amides is 2. The Bertz CT molecular complexity index is 887. The molecule has 0 rings (SSSR count). The summed E-state index contributed by atoms with van der Waals surface area (Å²) in [5, 5.41) is 24.2. The molecule has 0 aliphatic carbocycles. The summed E-state index contributed by atoms with van der Waals surface area (Å²) < 4.78 is 28.2. The van der Waals surface area contributed by atoms with Crippen molar-refractivity contribution in [3.05, 3.63) is 0 Å². The third-order valence-electron chi connectivity index (χ3n) is 6.89. The predicted molar refractivity (Wildman–Crippen MR) is 192 cm³/mol. The summed E-state index contributed by atoms with van der Waals surface area (Å²) in [5.41, 5.74) is -1.96. The summed E-state index contributed by atoms with van der Waals surface area (Å²) in [6.07, 6.45) is 1.57. The lowest BCUT2D eigenvalue weighted by atomic mass is 9.99. The SMILES string of the molecule is CC(C)(C)OCCO.CCN(C)CNC(=O)CCOCC(CO)(COCCC(=O)CCC(C)(C)OCCOC(C)(C)C)NC(=O)CC(C)C. The highest BCUT2D eigenvalue weighted by Gasteiger charge is 2.33. The van der Waals surface area contributed by atoms with Crippen LogP contribution < -0.4 is 10.6 Å². The Labute approximate surface area is 297 Å². The van der Waals surface area contributed by atoms with Crippen molar-refractivity contribution in [1.29, 1.82) is 0 Å². The van der Waals surface area contributed by atoms with E-state index in [4.69, 9.17) is 28.8 Å². The minimum Gasteiger partial charge on any atom is -0.394 e. The highest BCUT2D eigenvalue weighted by atomic mass is 16.5. The first-order valence-corrected chi connectivity index (χ1v) is 17.7. The third kappa shape index (κ3) is 32.0. The van der Waals surface area contributed by atoms with E-state index in [1.165, 1.54) is 0 Å². The number of ether oxygens (including phenoxy) is 5. The average molecular weight is 708 g/mol. The molecular formula is C36H73N3O10. The molecular weight excluding hydrogens is 634 g/mol. The summed E-state index contributed by atoms with van der Waals surface area (Å²) in [7, 11) is 1.90. The maximum absolute atomic E-state index is 12.5. The van der Waals surface area contributed by atoms with Crippen LogP contribution in [0.3, 0.4) is 0 Å². The van der Waals surface area contributed by atoms with Crippen molar-refractivity contribution in [2.24, 2.45) is 5.92 Å². The first-order valence-electron chi connectivity index (χ1n) is 17.7. The molecule has 2 amide bonds. The number of hydrogen-bond donors (Lipinski definition) is 4. The smallest absolute Gasteiger partial charge is 0.223 e. The molecule has 0 aromatic carbocycles. The predicted octanol–water partition coefficient (Wildman–Crippen LogP) is 3.47. The molecule has 292 valence electrons. The van der Waals surface area contributed by atoms with Crippen molar-refractivity contribution in [1.82, 2.24) is 15.5 Å². The van der Waals surface area contributed by atoms with Crippen LogP contribution in [0.4, 0.5) is 0 Å². The molecule has 0 saturated carbocycles. The van der Waals surface area contributed by atoms with Crippen molar-refractivity contribution in [2.75, 3.05) is 79.7 Å². The van der Waals surface area contributed by atoms with Gasteiger partial charge in [0.05, 0.1) is 82.9 Å². The van der Waals surface area contributed by atoms with Crippen LogP contribution in [-0.2, 0) is 38.1 Å². The Hall–Kier alpha value is -1.71. The Morgan fingerprint density at radius 2 is 1.27 bits per heavy atom. The zero-order valence-electron chi connectivity index (χ0n) is 33.0. The molecule has 0 spiro atoms. The van der Waals surface area contributed by atoms with Crippen LogP contribution in [0.15, 0.2) is 0 Å². The number of rotatable bonds is 26. The van der Waals surface area contributed by atoms with Gasteiger partial charge in [-0.05, 0) is 81.3 Å². The zero-order chi connectivity index (χ0) is 38.2. The second-order valence-electron chi connectivity index (χ2n) is 15.4. The molecule has 0 aromatic heterocycles. The van der Waals surface area contributed by atoms with E-state index in [0.29, 0.717) is 39.3 Å². The molecule has 13 heteroatoms. The molecule has 0 bridgehead atoms. The lowest BCUT2D eigenvalue weighted by Crippen LogP contribution is -2.58. The fraction of sp³-hybridized carbons (Fsp3) is 0.917. The van der Waals surface area contributed by atoms with Gasteiger partial charge in [-0.3, -0.25) is 19.3 Å². The van der Waals surface area contributed by atoms with E-state index in [1.54, 1.807) is 0 Å². The number of nitrogens with zero attached hydrogens (tertiary/aromatic N) is 1. The van der Waals surface area contributed by atoms with Crippen LogP contribution in [-0.4, -0.2) is 135 Å². The van der Waals surface area contributed by atoms with Gasteiger partial charge in [0, 0.05) is 25.7 Å². The maximum atomic E-state index is 12.5. The van der Waals surface area contributed by atoms with Gasteiger partial charge in [-0.2, -0.15) is 0 Å². The largest absolute Gasteiger partial charge is 0.394 e. The minimum absolute atomic E-state index is 0.0313. The van der Waals surface area contributed by atoms with Crippen LogP contribution >= 0.6 is 0 Å². The molecule has 1 unspecified atom stereocenters. The van der Waals surface area contributed by atoms with Gasteiger partial charge in [0.15, 0.2) is 0 Å². The van der Waals surface area contributed by atoms with Gasteiger partial charge in [-0.25, -0.2) is 0 Å². The van der Waals surface area contributed by atoms with E-state index in [2.05, 4.69) is 10.6 Å². The van der Waals surface area contributed by atoms with Gasteiger partial charge in [0.2, 0.25) is 11.8 Å². The molecule has 4 N–H and O–H groups in total. The summed E-state index contributed by atoms with van der Waals surface area (Å²) >= 11 is 0. The molecule has 0 aromatic rings. The quantitative estimate of drug-likeness (QED) is 0.0769. The molecule has 0 fully saturated rings. The fourth-order valence-corrected chi connectivity index (χ4v) is 3.93. The molecule has 13 nitrogen and oxygen atoms in total. The topological polar surface area (TPSA) is 165 Å². The number of carbonyl (C=O) groups is 3. The molecule has 0 aliphatic heterocycles. The van der Waals surface area contributed by atoms with Gasteiger partial charge in [0.1, 0.15) is 11.3 Å². The van der Waals surface area contributed by atoms with E-state index in [0.717, 1.165) is 6.54 Å². The highest BCUT2D eigenvalue weighted by molar-refractivity contribution is 5.78. The Morgan fingerprint density at radius 3 is 1.73 bits per heavy atom. The average Bonchev–Trinajstić information content (AvgIpc) is 2.99. The summed E-state index contributed by atoms with van der Waals surface area (Å²) in [4.78, 5) is 39.0. The van der Waals surface area contributed by atoms with Crippen molar-refractivity contribution in [2.45, 2.75) is 131 Å².